The maximum atomic E-state index is 12.3. The van der Waals surface area contributed by atoms with Crippen LogP contribution in [0, 0.1) is 13.8 Å². The third-order valence-corrected chi connectivity index (χ3v) is 6.38. The van der Waals surface area contributed by atoms with Crippen LogP contribution in [0.2, 0.25) is 0 Å². The summed E-state index contributed by atoms with van der Waals surface area (Å²) in [6.45, 7) is 6.81. The minimum atomic E-state index is -0.268. The highest BCUT2D eigenvalue weighted by Crippen LogP contribution is 2.23. The van der Waals surface area contributed by atoms with Crippen molar-refractivity contribution in [3.63, 3.8) is 0 Å². The summed E-state index contributed by atoms with van der Waals surface area (Å²) in [7, 11) is 5.19. The van der Waals surface area contributed by atoms with Gasteiger partial charge in [-0.15, -0.1) is 12.6 Å². The van der Waals surface area contributed by atoms with Crippen molar-refractivity contribution < 1.29 is 14.1 Å². The maximum Gasteiger partial charge on any atom is 0.316 e. The Labute approximate surface area is 217 Å². The number of hydrogen-bond donors (Lipinski definition) is 3. The number of amides is 1. The van der Waals surface area contributed by atoms with E-state index >= 15 is 0 Å². The zero-order chi connectivity index (χ0) is 26.1. The van der Waals surface area contributed by atoms with Crippen molar-refractivity contribution in [2.45, 2.75) is 31.7 Å². The summed E-state index contributed by atoms with van der Waals surface area (Å²) in [4.78, 5) is 23.4. The van der Waals surface area contributed by atoms with Crippen molar-refractivity contribution in [3.8, 4) is 5.75 Å². The monoisotopic (exact) mass is 510 g/mol. The van der Waals surface area contributed by atoms with Gasteiger partial charge in [0.05, 0.1) is 20.2 Å². The third-order valence-electron chi connectivity index (χ3n) is 5.67. The summed E-state index contributed by atoms with van der Waals surface area (Å²) in [5, 5.41) is 9.93. The molecule has 9 nitrogen and oxygen atoms in total. The second-order valence-corrected chi connectivity index (χ2v) is 8.93. The summed E-state index contributed by atoms with van der Waals surface area (Å²) in [5.74, 6) is 2.08. The number of aromatic nitrogens is 2. The number of nitrogens with one attached hydrogen (secondary N) is 2. The van der Waals surface area contributed by atoms with Gasteiger partial charge in [0, 0.05) is 30.6 Å². The van der Waals surface area contributed by atoms with Crippen LogP contribution >= 0.6 is 12.6 Å². The molecule has 1 aliphatic rings. The first-order valence-electron chi connectivity index (χ1n) is 11.8. The highest BCUT2D eigenvalue weighted by atomic mass is 32.1. The first-order valence-corrected chi connectivity index (χ1v) is 12.2. The van der Waals surface area contributed by atoms with E-state index in [2.05, 4.69) is 62.7 Å². The fourth-order valence-electron chi connectivity index (χ4n) is 3.59. The van der Waals surface area contributed by atoms with Gasteiger partial charge in [-0.1, -0.05) is 29.4 Å². The Morgan fingerprint density at radius 2 is 1.92 bits per heavy atom. The average molecular weight is 511 g/mol. The second-order valence-electron chi connectivity index (χ2n) is 8.49. The minimum Gasteiger partial charge on any atom is -0.497 e. The number of amidine groups is 1. The molecule has 1 amide bonds. The molecule has 192 valence electrons. The van der Waals surface area contributed by atoms with Gasteiger partial charge in [0.1, 0.15) is 11.6 Å². The van der Waals surface area contributed by atoms with E-state index in [1.807, 2.05) is 26.0 Å². The van der Waals surface area contributed by atoms with Crippen LogP contribution in [-0.4, -0.2) is 67.6 Å². The lowest BCUT2D eigenvalue weighted by atomic mass is 10.1. The summed E-state index contributed by atoms with van der Waals surface area (Å²) in [6, 6.07) is 12.2. The molecular weight excluding hydrogens is 476 g/mol. The van der Waals surface area contributed by atoms with Crippen LogP contribution in [-0.2, 0) is 13.0 Å². The van der Waals surface area contributed by atoms with Crippen LogP contribution < -0.4 is 15.4 Å². The largest absolute Gasteiger partial charge is 0.497 e. The summed E-state index contributed by atoms with van der Waals surface area (Å²) in [5.41, 5.74) is 4.56. The third kappa shape index (κ3) is 7.32. The van der Waals surface area contributed by atoms with Crippen LogP contribution in [0.25, 0.3) is 0 Å². The van der Waals surface area contributed by atoms with Gasteiger partial charge in [0.15, 0.2) is 5.82 Å². The number of likely N-dealkylation sites (N-methyl/N-ethyl adjacent to an activating group) is 1. The number of ether oxygens (including phenoxy) is 1. The normalized spacial score (nSPS) is 12.3. The number of aryl methyl sites for hydroxylation is 2. The van der Waals surface area contributed by atoms with E-state index < -0.39 is 0 Å². The Morgan fingerprint density at radius 3 is 2.50 bits per heavy atom. The number of aliphatic imine (C=N–C) groups is 1. The number of carbonyl (C=O) groups is 1. The van der Waals surface area contributed by atoms with Crippen LogP contribution in [0.15, 0.2) is 50.8 Å². The predicted molar refractivity (Wildman–Crippen MR) is 143 cm³/mol. The molecule has 10 heteroatoms. The van der Waals surface area contributed by atoms with Crippen LogP contribution in [0.5, 0.6) is 5.75 Å². The van der Waals surface area contributed by atoms with E-state index in [0.717, 1.165) is 58.2 Å². The Morgan fingerprint density at radius 1 is 1.22 bits per heavy atom. The molecule has 36 heavy (non-hydrogen) atoms. The van der Waals surface area contributed by atoms with Crippen molar-refractivity contribution >= 4 is 24.4 Å². The van der Waals surface area contributed by atoms with Crippen LogP contribution in [0.4, 0.5) is 0 Å². The van der Waals surface area contributed by atoms with Crippen molar-refractivity contribution in [2.75, 3.05) is 40.8 Å². The van der Waals surface area contributed by atoms with Gasteiger partial charge in [-0.2, -0.15) is 4.98 Å². The molecule has 0 radical (unpaired) electrons. The van der Waals surface area contributed by atoms with E-state index in [0.29, 0.717) is 18.9 Å². The lowest BCUT2D eigenvalue weighted by Gasteiger charge is -2.14. The Balaban J connectivity index is 0.000000275. The highest BCUT2D eigenvalue weighted by Gasteiger charge is 2.19. The molecule has 3 aromatic rings. The van der Waals surface area contributed by atoms with Crippen LogP contribution in [0.1, 0.15) is 38.8 Å². The number of nitrogens with zero attached hydrogens (tertiary/aromatic N) is 4. The average Bonchev–Trinajstić information content (AvgIpc) is 3.59. The molecule has 0 aliphatic carbocycles. The zero-order valence-corrected chi connectivity index (χ0v) is 22.4. The van der Waals surface area contributed by atoms with Crippen molar-refractivity contribution in [3.05, 3.63) is 70.4 Å². The fourth-order valence-corrected chi connectivity index (χ4v) is 3.72. The molecule has 0 unspecified atom stereocenters. The molecule has 0 fully saturated rings. The predicted octanol–water partition coefficient (Wildman–Crippen LogP) is 3.05. The molecule has 4 rings (SSSR count). The van der Waals surface area contributed by atoms with E-state index in [1.165, 1.54) is 0 Å². The SMILES string of the molecule is CNCc1noc(C(=O)N(C)CCc2ccc(C3=NCCN3)cc2)n1.COc1cc(C)c(S)c(C)c1. The molecule has 1 aliphatic heterocycles. The topological polar surface area (TPSA) is 105 Å². The van der Waals surface area contributed by atoms with Gasteiger partial charge in [0.2, 0.25) is 0 Å². The van der Waals surface area contributed by atoms with Crippen molar-refractivity contribution in [2.24, 2.45) is 4.99 Å². The van der Waals surface area contributed by atoms with Crippen molar-refractivity contribution in [1.29, 1.82) is 0 Å². The molecule has 0 saturated carbocycles. The molecular formula is C26H34N6O3S. The maximum absolute atomic E-state index is 12.3. The molecule has 0 saturated heterocycles. The van der Waals surface area contributed by atoms with E-state index in [-0.39, 0.29) is 11.8 Å². The van der Waals surface area contributed by atoms with E-state index in [1.54, 1.807) is 26.1 Å². The van der Waals surface area contributed by atoms with Gasteiger partial charge in [-0.3, -0.25) is 9.79 Å². The molecule has 2 N–H and O–H groups in total. The summed E-state index contributed by atoms with van der Waals surface area (Å²) in [6.07, 6.45) is 0.750. The minimum absolute atomic E-state index is 0.0217. The van der Waals surface area contributed by atoms with Gasteiger partial charge < -0.3 is 24.8 Å². The lowest BCUT2D eigenvalue weighted by Crippen LogP contribution is -2.29. The molecule has 0 bridgehead atoms. The van der Waals surface area contributed by atoms with Gasteiger partial charge in [-0.25, -0.2) is 0 Å². The van der Waals surface area contributed by atoms with Gasteiger partial charge in [-0.05, 0) is 56.1 Å². The van der Waals surface area contributed by atoms with E-state index in [9.17, 15) is 4.79 Å². The lowest BCUT2D eigenvalue weighted by molar-refractivity contribution is 0.0747. The van der Waals surface area contributed by atoms with Crippen LogP contribution in [0.3, 0.4) is 0 Å². The molecule has 0 atom stereocenters. The molecule has 2 heterocycles. The smallest absolute Gasteiger partial charge is 0.316 e. The standard InChI is InChI=1S/C17H22N6O2.C9H12OS/c1-18-11-14-21-16(25-22-14)17(24)23(2)10-7-12-3-5-13(6-4-12)15-19-8-9-20-15;1-6-4-8(10-3)5-7(2)9(6)11/h3-6,18H,7-11H2,1-2H3,(H,19,20);4-5,11H,1-3H3. The summed E-state index contributed by atoms with van der Waals surface area (Å²) < 4.78 is 10.1. The number of benzene rings is 2. The molecule has 0 spiro atoms. The molecule has 2 aromatic carbocycles. The zero-order valence-electron chi connectivity index (χ0n) is 21.5. The second kappa shape index (κ2) is 13.1. The Kier molecular flexibility index (Phi) is 9.89. The number of hydrogen-bond acceptors (Lipinski definition) is 9. The van der Waals surface area contributed by atoms with Gasteiger partial charge >= 0.3 is 11.8 Å². The van der Waals surface area contributed by atoms with E-state index in [4.69, 9.17) is 9.26 Å². The number of carbonyl (C=O) groups excluding carboxylic acids is 1. The quantitative estimate of drug-likeness (QED) is 0.400. The molecule has 1 aromatic heterocycles. The van der Waals surface area contributed by atoms with Crippen molar-refractivity contribution in [1.82, 2.24) is 25.7 Å². The Hall–Kier alpha value is -3.37. The number of methoxy groups -OCH3 is 1. The first kappa shape index (κ1) is 27.2. The Bertz CT molecular complexity index is 1170. The van der Waals surface area contributed by atoms with Gasteiger partial charge in [0.25, 0.3) is 0 Å². The fraction of sp³-hybridized carbons (Fsp3) is 0.385. The number of rotatable bonds is 8. The number of thiol groups is 1. The summed E-state index contributed by atoms with van der Waals surface area (Å²) >= 11 is 4.34. The highest BCUT2D eigenvalue weighted by molar-refractivity contribution is 7.80. The first-order chi connectivity index (χ1) is 17.3.